The molecular formula is C16H14N4O. The third-order valence-electron chi connectivity index (χ3n) is 3.58. The molecule has 5 nitrogen and oxygen atoms in total. The molecule has 104 valence electrons. The number of H-pyrrole nitrogens is 1. The van der Waals surface area contributed by atoms with Crippen LogP contribution in [0, 0.1) is 18.3 Å². The second kappa shape index (κ2) is 4.91. The summed E-state index contributed by atoms with van der Waals surface area (Å²) in [5.41, 5.74) is 3.79. The Morgan fingerprint density at radius 1 is 1.43 bits per heavy atom. The van der Waals surface area contributed by atoms with Crippen molar-refractivity contribution in [1.29, 1.82) is 5.26 Å². The third-order valence-corrected chi connectivity index (χ3v) is 3.58. The van der Waals surface area contributed by atoms with Crippen molar-refractivity contribution < 1.29 is 0 Å². The summed E-state index contributed by atoms with van der Waals surface area (Å²) in [4.78, 5) is 14.9. The van der Waals surface area contributed by atoms with Crippen molar-refractivity contribution in [3.63, 3.8) is 0 Å². The number of benzene rings is 1. The minimum Gasteiger partial charge on any atom is -0.359 e. The highest BCUT2D eigenvalue weighted by Gasteiger charge is 2.13. The van der Waals surface area contributed by atoms with Gasteiger partial charge in [-0.05, 0) is 25.5 Å². The minimum absolute atomic E-state index is 0.101. The number of hydrogen-bond donors (Lipinski definition) is 1. The number of nitrogens with one attached hydrogen (secondary N) is 1. The predicted octanol–water partition coefficient (Wildman–Crippen LogP) is 2.59. The molecule has 0 radical (unpaired) electrons. The van der Waals surface area contributed by atoms with Gasteiger partial charge in [-0.3, -0.25) is 4.79 Å². The van der Waals surface area contributed by atoms with E-state index in [1.807, 2.05) is 32.2 Å². The van der Waals surface area contributed by atoms with Crippen molar-refractivity contribution in [2.24, 2.45) is 0 Å². The number of aryl methyl sites for hydroxylation is 2. The summed E-state index contributed by atoms with van der Waals surface area (Å²) in [6.07, 6.45) is 1.84. The van der Waals surface area contributed by atoms with Crippen molar-refractivity contribution in [3.8, 4) is 17.3 Å². The molecule has 1 N–H and O–H groups in total. The topological polar surface area (TPSA) is 74.5 Å². The van der Waals surface area contributed by atoms with Gasteiger partial charge in [-0.15, -0.1) is 0 Å². The molecule has 3 aromatic rings. The van der Waals surface area contributed by atoms with Crippen LogP contribution in [0.25, 0.3) is 22.2 Å². The first-order chi connectivity index (χ1) is 10.2. The Balaban J connectivity index is 2.32. The fraction of sp³-hybridized carbons (Fsp3) is 0.188. The van der Waals surface area contributed by atoms with Crippen molar-refractivity contribution in [2.45, 2.75) is 20.4 Å². The Morgan fingerprint density at radius 3 is 2.95 bits per heavy atom. The van der Waals surface area contributed by atoms with Crippen LogP contribution in [0.2, 0.25) is 0 Å². The number of hydrogen-bond acceptors (Lipinski definition) is 3. The molecule has 2 heterocycles. The molecule has 21 heavy (non-hydrogen) atoms. The quantitative estimate of drug-likeness (QED) is 0.783. The monoisotopic (exact) mass is 278 g/mol. The third kappa shape index (κ3) is 2.01. The summed E-state index contributed by atoms with van der Waals surface area (Å²) in [6, 6.07) is 9.34. The van der Waals surface area contributed by atoms with E-state index in [4.69, 9.17) is 5.26 Å². The molecule has 0 aliphatic rings. The number of aromatic amines is 1. The van der Waals surface area contributed by atoms with E-state index in [1.54, 1.807) is 12.1 Å². The molecule has 0 saturated carbocycles. The van der Waals surface area contributed by atoms with Crippen LogP contribution in [0.4, 0.5) is 0 Å². The molecule has 0 spiro atoms. The van der Waals surface area contributed by atoms with E-state index in [2.05, 4.69) is 16.2 Å². The highest BCUT2D eigenvalue weighted by Crippen LogP contribution is 2.30. The van der Waals surface area contributed by atoms with Crippen LogP contribution in [0.15, 0.2) is 35.3 Å². The molecule has 5 heteroatoms. The maximum atomic E-state index is 11.8. The van der Waals surface area contributed by atoms with E-state index < -0.39 is 0 Å². The van der Waals surface area contributed by atoms with Crippen molar-refractivity contribution in [1.82, 2.24) is 14.8 Å². The second-order valence-electron chi connectivity index (χ2n) is 4.87. The highest BCUT2D eigenvalue weighted by molar-refractivity contribution is 5.97. The molecule has 0 fully saturated rings. The van der Waals surface area contributed by atoms with Crippen LogP contribution < -0.4 is 5.56 Å². The average Bonchev–Trinajstić information content (AvgIpc) is 2.91. The van der Waals surface area contributed by atoms with Crippen LogP contribution in [0.5, 0.6) is 0 Å². The molecule has 0 aliphatic carbocycles. The van der Waals surface area contributed by atoms with Crippen LogP contribution in [-0.2, 0) is 6.54 Å². The molecule has 3 rings (SSSR count). The average molecular weight is 278 g/mol. The second-order valence-corrected chi connectivity index (χ2v) is 4.87. The summed E-state index contributed by atoms with van der Waals surface area (Å²) in [5.74, 6) is 0. The van der Waals surface area contributed by atoms with Gasteiger partial charge in [0, 0.05) is 29.8 Å². The normalized spacial score (nSPS) is 10.7. The molecule has 0 aliphatic heterocycles. The maximum Gasteiger partial charge on any atom is 0.267 e. The number of nitrogens with zero attached hydrogens (tertiary/aromatic N) is 3. The molecule has 2 aromatic heterocycles. The van der Waals surface area contributed by atoms with Crippen LogP contribution in [-0.4, -0.2) is 14.8 Å². The van der Waals surface area contributed by atoms with E-state index in [9.17, 15) is 4.79 Å². The van der Waals surface area contributed by atoms with Crippen LogP contribution >= 0.6 is 0 Å². The van der Waals surface area contributed by atoms with E-state index in [1.165, 1.54) is 4.68 Å². The zero-order valence-electron chi connectivity index (χ0n) is 11.8. The van der Waals surface area contributed by atoms with Gasteiger partial charge < -0.3 is 4.98 Å². The van der Waals surface area contributed by atoms with Gasteiger partial charge in [0.2, 0.25) is 0 Å². The fourth-order valence-electron chi connectivity index (χ4n) is 2.51. The van der Waals surface area contributed by atoms with Crippen LogP contribution in [0.1, 0.15) is 18.1 Å². The number of aromatic nitrogens is 3. The molecule has 0 amide bonds. The van der Waals surface area contributed by atoms with Gasteiger partial charge in [0.25, 0.3) is 5.56 Å². The van der Waals surface area contributed by atoms with Crippen molar-refractivity contribution in [2.75, 3.05) is 0 Å². The molecule has 0 unspecified atom stereocenters. The van der Waals surface area contributed by atoms with Crippen molar-refractivity contribution >= 4 is 10.9 Å². The Kier molecular flexibility index (Phi) is 3.07. The number of fused-ring (bicyclic) bond motifs is 1. The van der Waals surface area contributed by atoms with E-state index in [0.717, 1.165) is 27.7 Å². The first kappa shape index (κ1) is 13.1. The van der Waals surface area contributed by atoms with Gasteiger partial charge in [-0.1, -0.05) is 12.1 Å². The lowest BCUT2D eigenvalue weighted by Gasteiger charge is -2.07. The standard InChI is InChI=1S/C16H14N4O/c1-3-20-14(21)7-10(2)15(19-20)13-9-18-16-11(8-17)5-4-6-12(13)16/h4-7,9,18H,3H2,1-2H3. The molecule has 0 atom stereocenters. The lowest BCUT2D eigenvalue weighted by atomic mass is 10.0. The minimum atomic E-state index is -0.101. The Morgan fingerprint density at radius 2 is 2.24 bits per heavy atom. The van der Waals surface area contributed by atoms with Gasteiger partial charge in [-0.2, -0.15) is 10.4 Å². The van der Waals surface area contributed by atoms with E-state index in [-0.39, 0.29) is 5.56 Å². The Bertz CT molecular complexity index is 928. The molecule has 1 aromatic carbocycles. The number of rotatable bonds is 2. The van der Waals surface area contributed by atoms with Gasteiger partial charge in [0.05, 0.1) is 16.8 Å². The predicted molar refractivity (Wildman–Crippen MR) is 80.9 cm³/mol. The SMILES string of the molecule is CCn1nc(-c2c[nH]c3c(C#N)cccc23)c(C)cc1=O. The van der Waals surface area contributed by atoms with Gasteiger partial charge in [-0.25, -0.2) is 4.68 Å². The lowest BCUT2D eigenvalue weighted by Crippen LogP contribution is -2.22. The first-order valence-corrected chi connectivity index (χ1v) is 6.75. The summed E-state index contributed by atoms with van der Waals surface area (Å²) >= 11 is 0. The van der Waals surface area contributed by atoms with Gasteiger partial charge in [0.15, 0.2) is 0 Å². The summed E-state index contributed by atoms with van der Waals surface area (Å²) in [5, 5.41) is 14.5. The van der Waals surface area contributed by atoms with Crippen molar-refractivity contribution in [3.05, 3.63) is 51.9 Å². The van der Waals surface area contributed by atoms with Gasteiger partial charge in [0.1, 0.15) is 6.07 Å². The molecule has 0 bridgehead atoms. The number of nitriles is 1. The fourth-order valence-corrected chi connectivity index (χ4v) is 2.51. The summed E-state index contributed by atoms with van der Waals surface area (Å²) in [6.45, 7) is 4.28. The maximum absolute atomic E-state index is 11.8. The Labute approximate surface area is 121 Å². The zero-order valence-corrected chi connectivity index (χ0v) is 11.8. The molecular weight excluding hydrogens is 264 g/mol. The van der Waals surface area contributed by atoms with Gasteiger partial charge >= 0.3 is 0 Å². The lowest BCUT2D eigenvalue weighted by molar-refractivity contribution is 0.617. The van der Waals surface area contributed by atoms with Crippen LogP contribution in [0.3, 0.4) is 0 Å². The number of para-hydroxylation sites is 1. The highest BCUT2D eigenvalue weighted by atomic mass is 16.1. The molecule has 0 saturated heterocycles. The largest absolute Gasteiger partial charge is 0.359 e. The summed E-state index contributed by atoms with van der Waals surface area (Å²) < 4.78 is 1.44. The Hall–Kier alpha value is -2.87. The van der Waals surface area contributed by atoms with E-state index >= 15 is 0 Å². The van der Waals surface area contributed by atoms with E-state index in [0.29, 0.717) is 12.1 Å². The smallest absolute Gasteiger partial charge is 0.267 e. The first-order valence-electron chi connectivity index (χ1n) is 6.75. The summed E-state index contributed by atoms with van der Waals surface area (Å²) in [7, 11) is 0. The zero-order chi connectivity index (χ0) is 15.0.